The molecule has 0 aliphatic rings. The van der Waals surface area contributed by atoms with E-state index in [9.17, 15) is 0 Å². The molecule has 0 atom stereocenters. The van der Waals surface area contributed by atoms with Gasteiger partial charge in [-0.25, -0.2) is 0 Å². The molecule has 0 spiro atoms. The van der Waals surface area contributed by atoms with Crippen LogP contribution < -0.4 is 0 Å². The van der Waals surface area contributed by atoms with E-state index < -0.39 is 0 Å². The number of rotatable bonds is 3. The molecule has 1 aromatic heterocycles. The van der Waals surface area contributed by atoms with Gasteiger partial charge in [0.25, 0.3) is 0 Å². The Morgan fingerprint density at radius 2 is 1.39 bits per heavy atom. The normalized spacial score (nSPS) is 11.4. The Kier molecular flexibility index (Phi) is 3.42. The Balaban J connectivity index is 2.07. The fourth-order valence-corrected chi connectivity index (χ4v) is 3.58. The molecular formula is C22H21N. The van der Waals surface area contributed by atoms with Crippen LogP contribution in [0.3, 0.4) is 0 Å². The molecule has 0 amide bonds. The molecule has 0 bridgehead atoms. The maximum Gasteiger partial charge on any atom is 0.0468 e. The summed E-state index contributed by atoms with van der Waals surface area (Å²) >= 11 is 0. The first-order valence-electron chi connectivity index (χ1n) is 8.43. The van der Waals surface area contributed by atoms with E-state index in [-0.39, 0.29) is 0 Å². The summed E-state index contributed by atoms with van der Waals surface area (Å²) in [6.07, 6.45) is 2.10. The fourth-order valence-electron chi connectivity index (χ4n) is 3.58. The van der Waals surface area contributed by atoms with Gasteiger partial charge in [0.1, 0.15) is 0 Å². The van der Waals surface area contributed by atoms with Gasteiger partial charge in [0.15, 0.2) is 0 Å². The molecule has 4 rings (SSSR count). The number of aromatic nitrogens is 1. The summed E-state index contributed by atoms with van der Waals surface area (Å²) in [5.74, 6) is 0. The van der Waals surface area contributed by atoms with E-state index >= 15 is 0 Å². The van der Waals surface area contributed by atoms with Gasteiger partial charge in [0, 0.05) is 21.8 Å². The van der Waals surface area contributed by atoms with Gasteiger partial charge in [-0.15, -0.1) is 0 Å². The summed E-state index contributed by atoms with van der Waals surface area (Å²) in [4.78, 5) is 3.56. The van der Waals surface area contributed by atoms with Crippen LogP contribution in [0.15, 0.2) is 60.7 Å². The van der Waals surface area contributed by atoms with E-state index in [0.717, 1.165) is 12.8 Å². The molecule has 23 heavy (non-hydrogen) atoms. The van der Waals surface area contributed by atoms with Gasteiger partial charge in [-0.2, -0.15) is 0 Å². The molecule has 3 aromatic carbocycles. The van der Waals surface area contributed by atoms with E-state index in [1.165, 1.54) is 44.1 Å². The van der Waals surface area contributed by atoms with Gasteiger partial charge in [-0.3, -0.25) is 0 Å². The first-order valence-corrected chi connectivity index (χ1v) is 8.43. The minimum Gasteiger partial charge on any atom is -0.355 e. The number of benzene rings is 3. The quantitative estimate of drug-likeness (QED) is 0.469. The molecule has 1 heterocycles. The van der Waals surface area contributed by atoms with Crippen molar-refractivity contribution in [2.24, 2.45) is 0 Å². The summed E-state index contributed by atoms with van der Waals surface area (Å²) in [7, 11) is 0. The highest BCUT2D eigenvalue weighted by molar-refractivity contribution is 6.09. The zero-order chi connectivity index (χ0) is 15.8. The first kappa shape index (κ1) is 14.1. The molecule has 114 valence electrons. The van der Waals surface area contributed by atoms with Crippen molar-refractivity contribution in [2.45, 2.75) is 26.7 Å². The highest BCUT2D eigenvalue weighted by Crippen LogP contribution is 2.34. The third-order valence-corrected chi connectivity index (χ3v) is 4.80. The summed E-state index contributed by atoms with van der Waals surface area (Å²) in [6, 6.07) is 22.1. The topological polar surface area (TPSA) is 15.8 Å². The Morgan fingerprint density at radius 1 is 0.652 bits per heavy atom. The maximum atomic E-state index is 3.56. The smallest absolute Gasteiger partial charge is 0.0468 e. The third-order valence-electron chi connectivity index (χ3n) is 4.80. The first-order chi connectivity index (χ1) is 11.3. The predicted octanol–water partition coefficient (Wildman–Crippen LogP) is 6.11. The molecule has 1 N–H and O–H groups in total. The number of aryl methyl sites for hydroxylation is 2. The van der Waals surface area contributed by atoms with E-state index in [1.54, 1.807) is 0 Å². The van der Waals surface area contributed by atoms with E-state index in [2.05, 4.69) is 79.5 Å². The van der Waals surface area contributed by atoms with Crippen LogP contribution in [0, 0.1) is 0 Å². The lowest BCUT2D eigenvalue weighted by atomic mass is 9.92. The van der Waals surface area contributed by atoms with Crippen molar-refractivity contribution in [1.29, 1.82) is 0 Å². The van der Waals surface area contributed by atoms with Crippen molar-refractivity contribution in [3.8, 4) is 11.1 Å². The third kappa shape index (κ3) is 2.24. The number of hydrogen-bond acceptors (Lipinski definition) is 0. The molecule has 0 saturated carbocycles. The molecule has 0 saturated heterocycles. The maximum absolute atomic E-state index is 3.56. The molecule has 0 radical (unpaired) electrons. The van der Waals surface area contributed by atoms with Crippen molar-refractivity contribution in [2.75, 3.05) is 0 Å². The van der Waals surface area contributed by atoms with E-state index in [0.29, 0.717) is 0 Å². The zero-order valence-corrected chi connectivity index (χ0v) is 13.7. The minimum atomic E-state index is 1.04. The second-order valence-corrected chi connectivity index (χ2v) is 6.09. The Bertz CT molecular complexity index is 991. The van der Waals surface area contributed by atoms with E-state index in [1.807, 2.05) is 0 Å². The molecule has 0 aliphatic carbocycles. The highest BCUT2D eigenvalue weighted by Gasteiger charge is 2.12. The molecule has 0 unspecified atom stereocenters. The van der Waals surface area contributed by atoms with Crippen LogP contribution in [0.25, 0.3) is 32.9 Å². The summed E-state index contributed by atoms with van der Waals surface area (Å²) < 4.78 is 0. The SMILES string of the molecule is CCc1ccccc1-c1cc2c(cc1CC)[nH]c1ccccc12. The molecular weight excluding hydrogens is 278 g/mol. The Morgan fingerprint density at radius 3 is 2.22 bits per heavy atom. The predicted molar refractivity (Wildman–Crippen MR) is 100.0 cm³/mol. The standard InChI is InChI=1S/C22H21N/c1-3-15-9-5-6-10-17(15)19-14-20-18-11-7-8-12-21(18)23-22(20)13-16(19)4-2/h5-14,23H,3-4H2,1-2H3. The van der Waals surface area contributed by atoms with Crippen LogP contribution in [0.2, 0.25) is 0 Å². The van der Waals surface area contributed by atoms with Crippen molar-refractivity contribution >= 4 is 21.8 Å². The summed E-state index contributed by atoms with van der Waals surface area (Å²) in [5.41, 5.74) is 8.03. The molecule has 0 fully saturated rings. The Hall–Kier alpha value is -2.54. The van der Waals surface area contributed by atoms with Crippen LogP contribution >= 0.6 is 0 Å². The average molecular weight is 299 g/mol. The lowest BCUT2D eigenvalue weighted by Crippen LogP contribution is -1.92. The number of H-pyrrole nitrogens is 1. The number of hydrogen-bond donors (Lipinski definition) is 1. The molecule has 4 aromatic rings. The largest absolute Gasteiger partial charge is 0.355 e. The Labute approximate surface area is 137 Å². The van der Waals surface area contributed by atoms with Gasteiger partial charge in [0.05, 0.1) is 0 Å². The molecule has 1 heteroatoms. The van der Waals surface area contributed by atoms with Crippen molar-refractivity contribution < 1.29 is 0 Å². The highest BCUT2D eigenvalue weighted by atomic mass is 14.7. The fraction of sp³-hybridized carbons (Fsp3) is 0.182. The van der Waals surface area contributed by atoms with Gasteiger partial charge >= 0.3 is 0 Å². The van der Waals surface area contributed by atoms with Gasteiger partial charge < -0.3 is 4.98 Å². The van der Waals surface area contributed by atoms with Gasteiger partial charge in [-0.05, 0) is 53.3 Å². The minimum absolute atomic E-state index is 1.04. The number of nitrogens with one attached hydrogen (secondary N) is 1. The van der Waals surface area contributed by atoms with Crippen molar-refractivity contribution in [3.05, 3.63) is 71.8 Å². The van der Waals surface area contributed by atoms with Crippen LogP contribution in [0.5, 0.6) is 0 Å². The second-order valence-electron chi connectivity index (χ2n) is 6.09. The van der Waals surface area contributed by atoms with Crippen LogP contribution in [0.1, 0.15) is 25.0 Å². The van der Waals surface area contributed by atoms with Crippen molar-refractivity contribution in [1.82, 2.24) is 4.98 Å². The van der Waals surface area contributed by atoms with Crippen LogP contribution in [-0.2, 0) is 12.8 Å². The van der Waals surface area contributed by atoms with Gasteiger partial charge in [-0.1, -0.05) is 56.3 Å². The van der Waals surface area contributed by atoms with Crippen LogP contribution in [0.4, 0.5) is 0 Å². The lowest BCUT2D eigenvalue weighted by Gasteiger charge is -2.13. The second kappa shape index (κ2) is 5.58. The number of fused-ring (bicyclic) bond motifs is 3. The summed E-state index contributed by atoms with van der Waals surface area (Å²) in [6.45, 7) is 4.47. The van der Waals surface area contributed by atoms with E-state index in [4.69, 9.17) is 0 Å². The van der Waals surface area contributed by atoms with Gasteiger partial charge in [0.2, 0.25) is 0 Å². The zero-order valence-electron chi connectivity index (χ0n) is 13.7. The lowest BCUT2D eigenvalue weighted by molar-refractivity contribution is 1.12. The molecule has 1 nitrogen and oxygen atoms in total. The monoisotopic (exact) mass is 299 g/mol. The van der Waals surface area contributed by atoms with Crippen molar-refractivity contribution in [3.63, 3.8) is 0 Å². The average Bonchev–Trinajstić information content (AvgIpc) is 2.98. The van der Waals surface area contributed by atoms with Crippen LogP contribution in [-0.4, -0.2) is 4.98 Å². The number of para-hydroxylation sites is 1. The summed E-state index contributed by atoms with van der Waals surface area (Å²) in [5, 5.41) is 2.62. The number of aromatic amines is 1. The molecule has 0 aliphatic heterocycles.